The molecular weight excluding hydrogens is 340 g/mol. The molecule has 3 nitrogen and oxygen atoms in total. The molecule has 0 saturated carbocycles. The van der Waals surface area contributed by atoms with Crippen molar-refractivity contribution in [1.82, 2.24) is 9.78 Å². The van der Waals surface area contributed by atoms with Gasteiger partial charge in [-0.25, -0.2) is 0 Å². The number of benzene rings is 1. The van der Waals surface area contributed by atoms with E-state index in [0.29, 0.717) is 17.0 Å². The quantitative estimate of drug-likeness (QED) is 0.773. The van der Waals surface area contributed by atoms with E-state index in [4.69, 9.17) is 11.6 Å². The zero-order chi connectivity index (χ0) is 14.9. The number of ketones is 1. The maximum Gasteiger partial charge on any atom is 0.169 e. The predicted octanol–water partition coefficient (Wildman–Crippen LogP) is 4.13. The van der Waals surface area contributed by atoms with E-state index in [9.17, 15) is 4.79 Å². The summed E-state index contributed by atoms with van der Waals surface area (Å²) >= 11 is 9.51. The van der Waals surface area contributed by atoms with Crippen molar-refractivity contribution in [3.05, 3.63) is 50.2 Å². The van der Waals surface area contributed by atoms with Crippen LogP contribution in [0.25, 0.3) is 0 Å². The lowest BCUT2D eigenvalue weighted by Crippen LogP contribution is -2.09. The van der Waals surface area contributed by atoms with Gasteiger partial charge in [-0.1, -0.05) is 24.6 Å². The van der Waals surface area contributed by atoms with Crippen molar-refractivity contribution in [2.24, 2.45) is 7.05 Å². The van der Waals surface area contributed by atoms with Gasteiger partial charge in [-0.05, 0) is 47.0 Å². The Hall–Kier alpha value is -1.13. The lowest BCUT2D eigenvalue weighted by Gasteiger charge is -2.06. The number of carbonyl (C=O) groups is 1. The number of nitrogens with zero attached hydrogens (tertiary/aromatic N) is 2. The number of hydrogen-bond acceptors (Lipinski definition) is 2. The van der Waals surface area contributed by atoms with E-state index >= 15 is 0 Å². The molecule has 0 N–H and O–H groups in total. The fourth-order valence-corrected chi connectivity index (χ4v) is 3.08. The summed E-state index contributed by atoms with van der Waals surface area (Å²) in [6.07, 6.45) is 1.14. The molecule has 0 aliphatic carbocycles. The molecule has 0 aliphatic rings. The number of aromatic nitrogens is 2. The topological polar surface area (TPSA) is 34.9 Å². The monoisotopic (exact) mass is 354 g/mol. The van der Waals surface area contributed by atoms with Gasteiger partial charge in [0, 0.05) is 17.6 Å². The Morgan fingerprint density at radius 2 is 2.15 bits per heavy atom. The highest BCUT2D eigenvalue weighted by atomic mass is 79.9. The Labute approximate surface area is 132 Å². The minimum absolute atomic E-state index is 0.0522. The van der Waals surface area contributed by atoms with Crippen molar-refractivity contribution < 1.29 is 4.79 Å². The Balaban J connectivity index is 2.33. The van der Waals surface area contributed by atoms with Gasteiger partial charge in [-0.3, -0.25) is 9.48 Å². The summed E-state index contributed by atoms with van der Waals surface area (Å²) in [4.78, 5) is 12.5. The third kappa shape index (κ3) is 2.96. The SMILES string of the molecule is CCc1nn(C)c(CC(=O)c2cc(Cl)ccc2C)c1Br. The first-order valence-electron chi connectivity index (χ1n) is 6.43. The summed E-state index contributed by atoms with van der Waals surface area (Å²) in [6, 6.07) is 5.39. The molecule has 0 radical (unpaired) electrons. The molecule has 1 aromatic heterocycles. The zero-order valence-electron chi connectivity index (χ0n) is 11.7. The second-order valence-corrected chi connectivity index (χ2v) is 5.97. The second kappa shape index (κ2) is 6.10. The summed E-state index contributed by atoms with van der Waals surface area (Å²) in [7, 11) is 1.86. The van der Waals surface area contributed by atoms with E-state index in [1.807, 2.05) is 27.0 Å². The fourth-order valence-electron chi connectivity index (χ4n) is 2.15. The maximum absolute atomic E-state index is 12.5. The van der Waals surface area contributed by atoms with Crippen LogP contribution in [0.2, 0.25) is 5.02 Å². The summed E-state index contributed by atoms with van der Waals surface area (Å²) in [5, 5.41) is 4.99. The van der Waals surface area contributed by atoms with Gasteiger partial charge in [0.2, 0.25) is 0 Å². The van der Waals surface area contributed by atoms with Crippen LogP contribution in [0.5, 0.6) is 0 Å². The van der Waals surface area contributed by atoms with Crippen LogP contribution in [0.1, 0.15) is 34.2 Å². The fraction of sp³-hybridized carbons (Fsp3) is 0.333. The normalized spacial score (nSPS) is 10.8. The van der Waals surface area contributed by atoms with E-state index in [1.54, 1.807) is 16.8 Å². The van der Waals surface area contributed by atoms with E-state index in [0.717, 1.165) is 27.8 Å². The Bertz CT molecular complexity index is 664. The first kappa shape index (κ1) is 15.3. The molecule has 1 aromatic carbocycles. The average Bonchev–Trinajstić information content (AvgIpc) is 2.68. The predicted molar refractivity (Wildman–Crippen MR) is 84.5 cm³/mol. The Morgan fingerprint density at radius 1 is 1.45 bits per heavy atom. The third-order valence-corrected chi connectivity index (χ3v) is 4.48. The molecule has 0 fully saturated rings. The molecule has 20 heavy (non-hydrogen) atoms. The van der Waals surface area contributed by atoms with Crippen molar-refractivity contribution in [1.29, 1.82) is 0 Å². The lowest BCUT2D eigenvalue weighted by molar-refractivity contribution is 0.0990. The van der Waals surface area contributed by atoms with Crippen LogP contribution >= 0.6 is 27.5 Å². The van der Waals surface area contributed by atoms with Crippen LogP contribution in [0.3, 0.4) is 0 Å². The van der Waals surface area contributed by atoms with E-state index in [2.05, 4.69) is 21.0 Å². The van der Waals surface area contributed by atoms with Crippen LogP contribution in [0, 0.1) is 6.92 Å². The number of rotatable bonds is 4. The van der Waals surface area contributed by atoms with Gasteiger partial charge in [0.05, 0.1) is 22.3 Å². The molecule has 5 heteroatoms. The highest BCUT2D eigenvalue weighted by Gasteiger charge is 2.18. The maximum atomic E-state index is 12.5. The number of hydrogen-bond donors (Lipinski definition) is 0. The summed E-state index contributed by atoms with van der Waals surface area (Å²) in [5.41, 5.74) is 3.47. The molecule has 2 rings (SSSR count). The van der Waals surface area contributed by atoms with Gasteiger partial charge in [-0.2, -0.15) is 5.10 Å². The van der Waals surface area contributed by atoms with Gasteiger partial charge in [0.25, 0.3) is 0 Å². The van der Waals surface area contributed by atoms with Crippen molar-refractivity contribution in [3.8, 4) is 0 Å². The summed E-state index contributed by atoms with van der Waals surface area (Å²) in [5.74, 6) is 0.0522. The average molecular weight is 356 g/mol. The van der Waals surface area contributed by atoms with Crippen molar-refractivity contribution in [2.45, 2.75) is 26.7 Å². The van der Waals surface area contributed by atoms with Crippen LogP contribution in [-0.4, -0.2) is 15.6 Å². The molecule has 0 saturated heterocycles. The number of aryl methyl sites for hydroxylation is 3. The lowest BCUT2D eigenvalue weighted by atomic mass is 10.0. The minimum atomic E-state index is 0.0522. The third-order valence-electron chi connectivity index (χ3n) is 3.33. The molecular formula is C15H16BrClN2O. The van der Waals surface area contributed by atoms with Crippen molar-refractivity contribution in [3.63, 3.8) is 0 Å². The van der Waals surface area contributed by atoms with E-state index < -0.39 is 0 Å². The molecule has 0 spiro atoms. The highest BCUT2D eigenvalue weighted by Crippen LogP contribution is 2.24. The van der Waals surface area contributed by atoms with Gasteiger partial charge >= 0.3 is 0 Å². The van der Waals surface area contributed by atoms with Gasteiger partial charge in [0.15, 0.2) is 5.78 Å². The largest absolute Gasteiger partial charge is 0.294 e. The van der Waals surface area contributed by atoms with E-state index in [1.165, 1.54) is 0 Å². The molecule has 0 aliphatic heterocycles. The number of Topliss-reactive ketones (excluding diaryl/α,β-unsaturated/α-hetero) is 1. The smallest absolute Gasteiger partial charge is 0.169 e. The molecule has 106 valence electrons. The zero-order valence-corrected chi connectivity index (χ0v) is 14.0. The highest BCUT2D eigenvalue weighted by molar-refractivity contribution is 9.10. The van der Waals surface area contributed by atoms with E-state index in [-0.39, 0.29) is 5.78 Å². The van der Waals surface area contributed by atoms with Crippen LogP contribution in [0.4, 0.5) is 0 Å². The number of carbonyl (C=O) groups excluding carboxylic acids is 1. The number of halogens is 2. The first-order chi connectivity index (χ1) is 9.43. The van der Waals surface area contributed by atoms with Crippen molar-refractivity contribution >= 4 is 33.3 Å². The minimum Gasteiger partial charge on any atom is -0.294 e. The van der Waals surface area contributed by atoms with Gasteiger partial charge < -0.3 is 0 Å². The first-order valence-corrected chi connectivity index (χ1v) is 7.60. The van der Waals surface area contributed by atoms with Crippen LogP contribution in [0.15, 0.2) is 22.7 Å². The van der Waals surface area contributed by atoms with Crippen molar-refractivity contribution in [2.75, 3.05) is 0 Å². The Kier molecular flexibility index (Phi) is 4.66. The molecule has 0 bridgehead atoms. The Morgan fingerprint density at radius 3 is 2.75 bits per heavy atom. The molecule has 1 heterocycles. The second-order valence-electron chi connectivity index (χ2n) is 4.74. The standard InChI is InChI=1S/C15H16BrClN2O/c1-4-12-15(16)13(19(3)18-12)8-14(20)11-7-10(17)6-5-9(11)2/h5-7H,4,8H2,1-3H3. The molecule has 2 aromatic rings. The van der Waals surface area contributed by atoms with Gasteiger partial charge in [0.1, 0.15) is 0 Å². The molecule has 0 unspecified atom stereocenters. The molecule has 0 amide bonds. The molecule has 0 atom stereocenters. The summed E-state index contributed by atoms with van der Waals surface area (Å²) < 4.78 is 2.69. The van der Waals surface area contributed by atoms with Crippen LogP contribution in [-0.2, 0) is 19.9 Å². The summed E-state index contributed by atoms with van der Waals surface area (Å²) in [6.45, 7) is 3.96. The van der Waals surface area contributed by atoms with Crippen LogP contribution < -0.4 is 0 Å². The van der Waals surface area contributed by atoms with Gasteiger partial charge in [-0.15, -0.1) is 0 Å².